The number of amides is 1. The number of halogens is 4. The topological polar surface area (TPSA) is 116 Å². The zero-order valence-electron chi connectivity index (χ0n) is 20.1. The number of hydrogen-bond donors (Lipinski definition) is 3. The molecule has 9 nitrogen and oxygen atoms in total. The molecule has 0 saturated carbocycles. The van der Waals surface area contributed by atoms with E-state index in [2.05, 4.69) is 10.3 Å². The van der Waals surface area contributed by atoms with Gasteiger partial charge >= 0.3 is 0 Å². The standard InChI is InChI=1S/C25H22ClF3N6O3/c1-13-10-34(12-31-13)20-4-3-16(8-22(20)38-2)32-19-7-15(26)11-35(25(19)37)21(9-23(36)33-30)14-5-17(27)24(29)18(28)6-14/h3-8,10-12,21,32H,9,30H2,1-2H3,(H,33,36). The van der Waals surface area contributed by atoms with E-state index in [-0.39, 0.29) is 16.3 Å². The van der Waals surface area contributed by atoms with E-state index in [1.807, 2.05) is 18.5 Å². The van der Waals surface area contributed by atoms with Crippen LogP contribution in [-0.4, -0.2) is 27.1 Å². The summed E-state index contributed by atoms with van der Waals surface area (Å²) < 4.78 is 49.9. The van der Waals surface area contributed by atoms with Crippen LogP contribution in [0.2, 0.25) is 5.02 Å². The predicted molar refractivity (Wildman–Crippen MR) is 135 cm³/mol. The first-order valence-electron chi connectivity index (χ1n) is 11.1. The van der Waals surface area contributed by atoms with Gasteiger partial charge in [0.2, 0.25) is 5.91 Å². The summed E-state index contributed by atoms with van der Waals surface area (Å²) in [6, 6.07) is 6.59. The zero-order chi connectivity index (χ0) is 27.6. The van der Waals surface area contributed by atoms with Crippen LogP contribution in [0.4, 0.5) is 24.5 Å². The molecule has 13 heteroatoms. The number of anilines is 2. The second-order valence-corrected chi connectivity index (χ2v) is 8.74. The highest BCUT2D eigenvalue weighted by Crippen LogP contribution is 2.30. The minimum atomic E-state index is -1.68. The molecule has 0 aliphatic heterocycles. The lowest BCUT2D eigenvalue weighted by atomic mass is 10.0. The molecular formula is C25H22ClF3N6O3. The normalized spacial score (nSPS) is 11.8. The number of pyridine rings is 1. The van der Waals surface area contributed by atoms with E-state index in [4.69, 9.17) is 22.2 Å². The maximum atomic E-state index is 14.0. The Morgan fingerprint density at radius 1 is 1.16 bits per heavy atom. The van der Waals surface area contributed by atoms with E-state index in [1.54, 1.807) is 29.1 Å². The van der Waals surface area contributed by atoms with Crippen LogP contribution >= 0.6 is 11.6 Å². The molecular weight excluding hydrogens is 525 g/mol. The van der Waals surface area contributed by atoms with Crippen LogP contribution in [0.25, 0.3) is 5.69 Å². The van der Waals surface area contributed by atoms with Crippen molar-refractivity contribution >= 4 is 28.9 Å². The van der Waals surface area contributed by atoms with Crippen molar-refractivity contribution in [3.8, 4) is 11.4 Å². The van der Waals surface area contributed by atoms with Crippen LogP contribution in [0.5, 0.6) is 5.75 Å². The van der Waals surface area contributed by atoms with E-state index in [9.17, 15) is 22.8 Å². The molecule has 0 radical (unpaired) electrons. The molecule has 0 fully saturated rings. The Morgan fingerprint density at radius 2 is 1.87 bits per heavy atom. The van der Waals surface area contributed by atoms with E-state index in [0.29, 0.717) is 29.3 Å². The third-order valence-corrected chi connectivity index (χ3v) is 5.93. The number of nitrogens with one attached hydrogen (secondary N) is 2. The lowest BCUT2D eigenvalue weighted by Gasteiger charge is -2.22. The van der Waals surface area contributed by atoms with Gasteiger partial charge in [-0.15, -0.1) is 0 Å². The second kappa shape index (κ2) is 11.0. The Hall–Kier alpha value is -4.29. The predicted octanol–water partition coefficient (Wildman–Crippen LogP) is 4.13. The van der Waals surface area contributed by atoms with Crippen LogP contribution in [0.1, 0.15) is 23.7 Å². The van der Waals surface area contributed by atoms with Crippen molar-refractivity contribution in [3.63, 3.8) is 0 Å². The number of aryl methyl sites for hydroxylation is 1. The maximum Gasteiger partial charge on any atom is 0.274 e. The van der Waals surface area contributed by atoms with Gasteiger partial charge in [0.1, 0.15) is 11.4 Å². The minimum absolute atomic E-state index is 0.00742. The monoisotopic (exact) mass is 546 g/mol. The molecule has 2 aromatic heterocycles. The Labute approximate surface area is 219 Å². The molecule has 38 heavy (non-hydrogen) atoms. The van der Waals surface area contributed by atoms with E-state index >= 15 is 0 Å². The van der Waals surface area contributed by atoms with Gasteiger partial charge in [0.15, 0.2) is 17.5 Å². The first-order valence-corrected chi connectivity index (χ1v) is 11.5. The summed E-state index contributed by atoms with van der Waals surface area (Å²) in [5.41, 5.74) is 3.03. The van der Waals surface area contributed by atoms with E-state index in [0.717, 1.165) is 10.3 Å². The van der Waals surface area contributed by atoms with Crippen LogP contribution in [0.3, 0.4) is 0 Å². The molecule has 1 amide bonds. The molecule has 4 N–H and O–H groups in total. The summed E-state index contributed by atoms with van der Waals surface area (Å²) in [5.74, 6) is 0.289. The molecule has 4 aromatic rings. The van der Waals surface area contributed by atoms with Gasteiger partial charge in [-0.1, -0.05) is 11.6 Å². The minimum Gasteiger partial charge on any atom is -0.494 e. The van der Waals surface area contributed by atoms with Gasteiger partial charge in [-0.3, -0.25) is 15.0 Å². The summed E-state index contributed by atoms with van der Waals surface area (Å²) in [6.45, 7) is 1.85. The number of aromatic nitrogens is 3. The molecule has 2 heterocycles. The average molecular weight is 547 g/mol. The number of hydrogen-bond acceptors (Lipinski definition) is 6. The average Bonchev–Trinajstić information content (AvgIpc) is 3.33. The lowest BCUT2D eigenvalue weighted by molar-refractivity contribution is -0.121. The summed E-state index contributed by atoms with van der Waals surface area (Å²) in [6.07, 6.45) is 4.16. The quantitative estimate of drug-likeness (QED) is 0.132. The SMILES string of the molecule is COc1cc(Nc2cc(Cl)cn(C(CC(=O)NN)c3cc(F)c(F)c(F)c3)c2=O)ccc1-n1cnc(C)c1. The molecule has 0 saturated heterocycles. The fourth-order valence-corrected chi connectivity index (χ4v) is 4.16. The third-order valence-electron chi connectivity index (χ3n) is 5.72. The highest BCUT2D eigenvalue weighted by Gasteiger charge is 2.24. The first kappa shape index (κ1) is 26.8. The summed E-state index contributed by atoms with van der Waals surface area (Å²) in [5, 5.41) is 3.04. The van der Waals surface area contributed by atoms with Gasteiger partial charge in [0.05, 0.1) is 42.3 Å². The molecule has 2 aromatic carbocycles. The van der Waals surface area contributed by atoms with Crippen LogP contribution < -0.4 is 26.9 Å². The Bertz CT molecular complexity index is 1550. The summed E-state index contributed by atoms with van der Waals surface area (Å²) >= 11 is 6.28. The van der Waals surface area contributed by atoms with Gasteiger partial charge in [-0.05, 0) is 42.8 Å². The van der Waals surface area contributed by atoms with Crippen molar-refractivity contribution < 1.29 is 22.7 Å². The molecule has 1 unspecified atom stereocenters. The van der Waals surface area contributed by atoms with Crippen molar-refractivity contribution in [1.29, 1.82) is 0 Å². The Kier molecular flexibility index (Phi) is 7.74. The van der Waals surface area contributed by atoms with Gasteiger partial charge in [-0.2, -0.15) is 0 Å². The molecule has 1 atom stereocenters. The molecule has 0 bridgehead atoms. The maximum absolute atomic E-state index is 14.0. The largest absolute Gasteiger partial charge is 0.494 e. The fourth-order valence-electron chi connectivity index (χ4n) is 3.94. The van der Waals surface area contributed by atoms with Crippen molar-refractivity contribution in [3.05, 3.63) is 99.2 Å². The number of carbonyl (C=O) groups is 1. The number of imidazole rings is 1. The summed E-state index contributed by atoms with van der Waals surface area (Å²) in [7, 11) is 1.49. The third kappa shape index (κ3) is 5.50. The summed E-state index contributed by atoms with van der Waals surface area (Å²) in [4.78, 5) is 29.8. The molecule has 4 rings (SSSR count). The lowest BCUT2D eigenvalue weighted by Crippen LogP contribution is -2.35. The Morgan fingerprint density at radius 3 is 2.47 bits per heavy atom. The number of nitrogens with two attached hydrogens (primary N) is 1. The fraction of sp³-hybridized carbons (Fsp3) is 0.160. The van der Waals surface area contributed by atoms with E-state index < -0.39 is 41.4 Å². The highest BCUT2D eigenvalue weighted by molar-refractivity contribution is 6.30. The number of ether oxygens (including phenoxy) is 1. The van der Waals surface area contributed by atoms with Crippen LogP contribution in [0.15, 0.2) is 59.9 Å². The highest BCUT2D eigenvalue weighted by atomic mass is 35.5. The number of rotatable bonds is 8. The van der Waals surface area contributed by atoms with Crippen molar-refractivity contribution in [2.24, 2.45) is 5.84 Å². The van der Waals surface area contributed by atoms with Crippen molar-refractivity contribution in [2.75, 3.05) is 12.4 Å². The van der Waals surface area contributed by atoms with E-state index in [1.165, 1.54) is 19.4 Å². The van der Waals surface area contributed by atoms with Crippen LogP contribution in [-0.2, 0) is 4.79 Å². The number of benzene rings is 2. The zero-order valence-corrected chi connectivity index (χ0v) is 20.9. The smallest absolute Gasteiger partial charge is 0.274 e. The van der Waals surface area contributed by atoms with Gasteiger partial charge in [-0.25, -0.2) is 24.0 Å². The van der Waals surface area contributed by atoms with Gasteiger partial charge in [0.25, 0.3) is 5.56 Å². The number of hydrazine groups is 1. The number of carbonyl (C=O) groups excluding carboxylic acids is 1. The number of nitrogens with zero attached hydrogens (tertiary/aromatic N) is 3. The van der Waals surface area contributed by atoms with Crippen molar-refractivity contribution in [1.82, 2.24) is 19.5 Å². The molecule has 0 aliphatic carbocycles. The van der Waals surface area contributed by atoms with Gasteiger partial charge < -0.3 is 19.2 Å². The molecule has 198 valence electrons. The number of methoxy groups -OCH3 is 1. The molecule has 0 aliphatic rings. The first-order chi connectivity index (χ1) is 18.1. The van der Waals surface area contributed by atoms with Crippen molar-refractivity contribution in [2.45, 2.75) is 19.4 Å². The molecule has 0 spiro atoms. The second-order valence-electron chi connectivity index (χ2n) is 8.30. The van der Waals surface area contributed by atoms with Crippen LogP contribution in [0, 0.1) is 24.4 Å². The Balaban J connectivity index is 1.76. The van der Waals surface area contributed by atoms with Gasteiger partial charge in [0, 0.05) is 24.1 Å².